The third kappa shape index (κ3) is 1.08. The molecule has 64 valence electrons. The van der Waals surface area contributed by atoms with Crippen LogP contribution in [0.2, 0.25) is 0 Å². The summed E-state index contributed by atoms with van der Waals surface area (Å²) in [4.78, 5) is 0. The predicted molar refractivity (Wildman–Crippen MR) is 43.2 cm³/mol. The van der Waals surface area contributed by atoms with Crippen molar-refractivity contribution in [2.24, 2.45) is 5.92 Å². The van der Waals surface area contributed by atoms with Crippen molar-refractivity contribution in [3.63, 3.8) is 0 Å². The quantitative estimate of drug-likeness (QED) is 0.566. The van der Waals surface area contributed by atoms with Gasteiger partial charge in [-0.15, -0.1) is 0 Å². The van der Waals surface area contributed by atoms with Crippen molar-refractivity contribution in [3.05, 3.63) is 0 Å². The molecular formula is C9H16FN. The molecule has 1 N–H and O–H groups in total. The van der Waals surface area contributed by atoms with E-state index in [1.54, 1.807) is 6.92 Å². The van der Waals surface area contributed by atoms with Crippen molar-refractivity contribution in [2.45, 2.75) is 50.9 Å². The first-order valence-corrected chi connectivity index (χ1v) is 4.54. The lowest BCUT2D eigenvalue weighted by Gasteiger charge is -2.38. The predicted octanol–water partition coefficient (Wildman–Crippen LogP) is 1.88. The van der Waals surface area contributed by atoms with Crippen LogP contribution in [0.5, 0.6) is 0 Å². The zero-order chi connectivity index (χ0) is 8.06. The molecule has 0 radical (unpaired) electrons. The van der Waals surface area contributed by atoms with Gasteiger partial charge in [0.05, 0.1) is 0 Å². The van der Waals surface area contributed by atoms with Crippen LogP contribution in [0.15, 0.2) is 0 Å². The molecule has 11 heavy (non-hydrogen) atoms. The van der Waals surface area contributed by atoms with Crippen LogP contribution in [0.1, 0.15) is 33.1 Å². The lowest BCUT2D eigenvalue weighted by atomic mass is 9.81. The Labute approximate surface area is 67.4 Å². The number of alkyl halides is 1. The van der Waals surface area contributed by atoms with E-state index in [-0.39, 0.29) is 5.92 Å². The molecule has 0 aliphatic carbocycles. The Kier molecular flexibility index (Phi) is 1.50. The van der Waals surface area contributed by atoms with Gasteiger partial charge >= 0.3 is 0 Å². The highest BCUT2D eigenvalue weighted by atomic mass is 19.1. The normalized spacial score (nSPS) is 56.5. The summed E-state index contributed by atoms with van der Waals surface area (Å²) in [6.45, 7) is 3.78. The third-order valence-corrected chi connectivity index (χ3v) is 3.47. The highest BCUT2D eigenvalue weighted by molar-refractivity contribution is 5.02. The van der Waals surface area contributed by atoms with E-state index in [1.165, 1.54) is 12.8 Å². The number of fused-ring (bicyclic) bond motifs is 2. The van der Waals surface area contributed by atoms with Crippen LogP contribution in [-0.2, 0) is 0 Å². The molecule has 1 nitrogen and oxygen atoms in total. The number of piperidine rings is 1. The molecule has 0 aromatic heterocycles. The Morgan fingerprint density at radius 3 is 2.91 bits per heavy atom. The molecular weight excluding hydrogens is 141 g/mol. The summed E-state index contributed by atoms with van der Waals surface area (Å²) in [7, 11) is 0. The van der Waals surface area contributed by atoms with E-state index in [0.29, 0.717) is 18.5 Å². The average molecular weight is 157 g/mol. The Morgan fingerprint density at radius 1 is 1.45 bits per heavy atom. The van der Waals surface area contributed by atoms with Crippen molar-refractivity contribution in [2.75, 3.05) is 0 Å². The number of rotatable bonds is 0. The van der Waals surface area contributed by atoms with Gasteiger partial charge in [0.1, 0.15) is 5.67 Å². The van der Waals surface area contributed by atoms with Gasteiger partial charge in [0, 0.05) is 18.0 Å². The summed E-state index contributed by atoms with van der Waals surface area (Å²) in [5.41, 5.74) is -0.920. The smallest absolute Gasteiger partial charge is 0.113 e. The first-order chi connectivity index (χ1) is 5.09. The van der Waals surface area contributed by atoms with Crippen molar-refractivity contribution in [1.82, 2.24) is 5.32 Å². The van der Waals surface area contributed by atoms with Gasteiger partial charge in [0.15, 0.2) is 0 Å². The summed E-state index contributed by atoms with van der Waals surface area (Å²) >= 11 is 0. The second kappa shape index (κ2) is 2.19. The molecule has 2 heteroatoms. The maximum Gasteiger partial charge on any atom is 0.113 e. The molecule has 0 amide bonds. The summed E-state index contributed by atoms with van der Waals surface area (Å²) in [6, 6.07) is 0.912. The number of hydrogen-bond acceptors (Lipinski definition) is 1. The van der Waals surface area contributed by atoms with Gasteiger partial charge in [-0.3, -0.25) is 0 Å². The minimum Gasteiger partial charge on any atom is -0.311 e. The zero-order valence-electron chi connectivity index (χ0n) is 7.23. The number of halogens is 1. The van der Waals surface area contributed by atoms with E-state index in [9.17, 15) is 4.39 Å². The Bertz CT molecular complexity index is 167. The van der Waals surface area contributed by atoms with Crippen molar-refractivity contribution in [1.29, 1.82) is 0 Å². The largest absolute Gasteiger partial charge is 0.311 e. The molecule has 2 rings (SSSR count). The van der Waals surface area contributed by atoms with Crippen LogP contribution < -0.4 is 5.32 Å². The van der Waals surface area contributed by atoms with Gasteiger partial charge < -0.3 is 5.32 Å². The van der Waals surface area contributed by atoms with Gasteiger partial charge in [-0.25, -0.2) is 4.39 Å². The van der Waals surface area contributed by atoms with Crippen molar-refractivity contribution < 1.29 is 4.39 Å². The molecule has 4 unspecified atom stereocenters. The molecule has 2 heterocycles. The minimum atomic E-state index is -0.920. The maximum absolute atomic E-state index is 13.8. The van der Waals surface area contributed by atoms with E-state index in [2.05, 4.69) is 5.32 Å². The molecule has 0 saturated carbocycles. The van der Waals surface area contributed by atoms with E-state index < -0.39 is 5.67 Å². The second-order valence-electron chi connectivity index (χ2n) is 4.32. The van der Waals surface area contributed by atoms with Gasteiger partial charge in [-0.2, -0.15) is 0 Å². The first kappa shape index (κ1) is 7.53. The Morgan fingerprint density at radius 2 is 2.18 bits per heavy atom. The second-order valence-corrected chi connectivity index (χ2v) is 4.32. The summed E-state index contributed by atoms with van der Waals surface area (Å²) in [6.07, 6.45) is 3.06. The van der Waals surface area contributed by atoms with E-state index >= 15 is 0 Å². The van der Waals surface area contributed by atoms with E-state index in [4.69, 9.17) is 0 Å². The summed E-state index contributed by atoms with van der Waals surface area (Å²) in [5, 5.41) is 3.46. The van der Waals surface area contributed by atoms with Crippen molar-refractivity contribution >= 4 is 0 Å². The van der Waals surface area contributed by atoms with E-state index in [0.717, 1.165) is 0 Å². The van der Waals surface area contributed by atoms with Crippen LogP contribution in [0.4, 0.5) is 4.39 Å². The van der Waals surface area contributed by atoms with Crippen molar-refractivity contribution in [3.8, 4) is 0 Å². The van der Waals surface area contributed by atoms with Gasteiger partial charge in [0.25, 0.3) is 0 Å². The van der Waals surface area contributed by atoms with Crippen LogP contribution >= 0.6 is 0 Å². The highest BCUT2D eigenvalue weighted by Crippen LogP contribution is 2.40. The molecule has 2 aliphatic heterocycles. The molecule has 2 bridgehead atoms. The topological polar surface area (TPSA) is 12.0 Å². The standard InChI is InChI=1S/C9H16FN/c1-6-8-4-3-7(11-8)5-9(6,2)10/h6-8,11H,3-5H2,1-2H3. The lowest BCUT2D eigenvalue weighted by Crippen LogP contribution is -2.51. The molecule has 2 fully saturated rings. The average Bonchev–Trinajstić information content (AvgIpc) is 2.29. The molecule has 4 atom stereocenters. The Hall–Kier alpha value is -0.110. The van der Waals surface area contributed by atoms with E-state index in [1.807, 2.05) is 6.92 Å². The molecule has 0 aromatic carbocycles. The summed E-state index contributed by atoms with van der Waals surface area (Å²) in [5.74, 6) is 0.196. The lowest BCUT2D eigenvalue weighted by molar-refractivity contribution is 0.0480. The fourth-order valence-electron chi connectivity index (χ4n) is 2.49. The highest BCUT2D eigenvalue weighted by Gasteiger charge is 2.46. The first-order valence-electron chi connectivity index (χ1n) is 4.54. The zero-order valence-corrected chi connectivity index (χ0v) is 7.23. The van der Waals surface area contributed by atoms with Crippen LogP contribution in [0, 0.1) is 5.92 Å². The Balaban J connectivity index is 2.18. The van der Waals surface area contributed by atoms with Crippen LogP contribution in [0.3, 0.4) is 0 Å². The molecule has 2 aliphatic rings. The SMILES string of the molecule is CC1C2CCC(CC1(C)F)N2. The minimum absolute atomic E-state index is 0.196. The fourth-order valence-corrected chi connectivity index (χ4v) is 2.49. The molecule has 2 saturated heterocycles. The maximum atomic E-state index is 13.8. The van der Waals surface area contributed by atoms with Gasteiger partial charge in [-0.05, 0) is 26.2 Å². The fraction of sp³-hybridized carbons (Fsp3) is 1.00. The molecule has 0 aromatic rings. The number of hydrogen-bond donors (Lipinski definition) is 1. The third-order valence-electron chi connectivity index (χ3n) is 3.47. The molecule has 0 spiro atoms. The van der Waals surface area contributed by atoms with Gasteiger partial charge in [0.2, 0.25) is 0 Å². The number of nitrogens with one attached hydrogen (secondary N) is 1. The van der Waals surface area contributed by atoms with Crippen LogP contribution in [-0.4, -0.2) is 17.8 Å². The van der Waals surface area contributed by atoms with Gasteiger partial charge in [-0.1, -0.05) is 6.92 Å². The monoisotopic (exact) mass is 157 g/mol. The summed E-state index contributed by atoms with van der Waals surface area (Å²) < 4.78 is 13.8. The van der Waals surface area contributed by atoms with Crippen LogP contribution in [0.25, 0.3) is 0 Å².